The molecule has 0 radical (unpaired) electrons. The largest absolute Gasteiger partial charge is 0.383 e. The Labute approximate surface area is 135 Å². The summed E-state index contributed by atoms with van der Waals surface area (Å²) in [5.41, 5.74) is 0.775. The molecule has 1 heterocycles. The highest BCUT2D eigenvalue weighted by Gasteiger charge is 2.20. The molecule has 1 aliphatic rings. The van der Waals surface area contributed by atoms with Crippen molar-refractivity contribution < 1.29 is 9.13 Å². The fourth-order valence-corrected chi connectivity index (χ4v) is 3.26. The van der Waals surface area contributed by atoms with Crippen molar-refractivity contribution in [3.8, 4) is 0 Å². The van der Waals surface area contributed by atoms with E-state index in [4.69, 9.17) is 4.74 Å². The minimum atomic E-state index is -0.112. The Hall–Kier alpha value is -0.490. The number of benzene rings is 1. The van der Waals surface area contributed by atoms with Gasteiger partial charge in [0, 0.05) is 36.8 Å². The van der Waals surface area contributed by atoms with Crippen molar-refractivity contribution in [2.45, 2.75) is 19.4 Å². The van der Waals surface area contributed by atoms with Gasteiger partial charge in [-0.1, -0.05) is 15.9 Å². The molecule has 1 saturated heterocycles. The average molecular weight is 359 g/mol. The molecule has 2 rings (SSSR count). The van der Waals surface area contributed by atoms with Crippen LogP contribution in [0.1, 0.15) is 18.4 Å². The highest BCUT2D eigenvalue weighted by atomic mass is 79.9. The second-order valence-corrected chi connectivity index (χ2v) is 6.59. The Morgan fingerprint density at radius 2 is 2.33 bits per heavy atom. The summed E-state index contributed by atoms with van der Waals surface area (Å²) in [5, 5.41) is 3.43. The van der Waals surface area contributed by atoms with Gasteiger partial charge in [-0.15, -0.1) is 0 Å². The van der Waals surface area contributed by atoms with Crippen molar-refractivity contribution in [2.75, 3.05) is 39.9 Å². The number of ether oxygens (including phenoxy) is 1. The number of halogens is 2. The smallest absolute Gasteiger partial charge is 0.127 e. The zero-order valence-corrected chi connectivity index (χ0v) is 14.2. The molecule has 3 nitrogen and oxygen atoms in total. The predicted molar refractivity (Wildman–Crippen MR) is 86.8 cm³/mol. The molecule has 1 aromatic carbocycles. The lowest BCUT2D eigenvalue weighted by atomic mass is 9.97. The van der Waals surface area contributed by atoms with E-state index in [9.17, 15) is 4.39 Å². The Balaban J connectivity index is 1.82. The van der Waals surface area contributed by atoms with Gasteiger partial charge in [-0.2, -0.15) is 0 Å². The number of nitrogens with one attached hydrogen (secondary N) is 1. The van der Waals surface area contributed by atoms with Crippen molar-refractivity contribution in [2.24, 2.45) is 5.92 Å². The zero-order chi connectivity index (χ0) is 15.1. The maximum absolute atomic E-state index is 13.8. The van der Waals surface area contributed by atoms with Crippen LogP contribution in [0.2, 0.25) is 0 Å². The van der Waals surface area contributed by atoms with Crippen LogP contribution in [0.5, 0.6) is 0 Å². The van der Waals surface area contributed by atoms with Crippen molar-refractivity contribution in [1.29, 1.82) is 0 Å². The summed E-state index contributed by atoms with van der Waals surface area (Å²) in [5.74, 6) is 0.532. The monoisotopic (exact) mass is 358 g/mol. The molecule has 118 valence electrons. The van der Waals surface area contributed by atoms with Gasteiger partial charge in [0.1, 0.15) is 5.82 Å². The molecular formula is C16H24BrFN2O. The molecule has 1 N–H and O–H groups in total. The van der Waals surface area contributed by atoms with Gasteiger partial charge in [-0.25, -0.2) is 4.39 Å². The van der Waals surface area contributed by atoms with E-state index in [1.807, 2.05) is 6.07 Å². The van der Waals surface area contributed by atoms with Gasteiger partial charge >= 0.3 is 0 Å². The third-order valence-electron chi connectivity index (χ3n) is 3.92. The van der Waals surface area contributed by atoms with Crippen LogP contribution in [0, 0.1) is 11.7 Å². The highest BCUT2D eigenvalue weighted by Crippen LogP contribution is 2.21. The Bertz CT molecular complexity index is 444. The van der Waals surface area contributed by atoms with Gasteiger partial charge < -0.3 is 10.1 Å². The topological polar surface area (TPSA) is 24.5 Å². The molecule has 1 atom stereocenters. The van der Waals surface area contributed by atoms with Gasteiger partial charge in [0.25, 0.3) is 0 Å². The highest BCUT2D eigenvalue weighted by molar-refractivity contribution is 9.10. The van der Waals surface area contributed by atoms with Crippen molar-refractivity contribution in [3.05, 3.63) is 34.1 Å². The van der Waals surface area contributed by atoms with Crippen LogP contribution >= 0.6 is 15.9 Å². The fraction of sp³-hybridized carbons (Fsp3) is 0.625. The molecule has 1 fully saturated rings. The Kier molecular flexibility index (Phi) is 7.10. The van der Waals surface area contributed by atoms with E-state index >= 15 is 0 Å². The van der Waals surface area contributed by atoms with Crippen molar-refractivity contribution in [3.63, 3.8) is 0 Å². The number of likely N-dealkylation sites (tertiary alicyclic amines) is 1. The molecule has 0 saturated carbocycles. The number of hydrogen-bond acceptors (Lipinski definition) is 3. The molecule has 1 aliphatic heterocycles. The van der Waals surface area contributed by atoms with E-state index in [0.717, 1.165) is 42.8 Å². The lowest BCUT2D eigenvalue weighted by Gasteiger charge is -2.33. The van der Waals surface area contributed by atoms with Gasteiger partial charge in [0.2, 0.25) is 0 Å². The summed E-state index contributed by atoms with van der Waals surface area (Å²) in [7, 11) is 1.72. The number of piperidine rings is 1. The molecule has 0 aliphatic carbocycles. The molecule has 0 aromatic heterocycles. The quantitative estimate of drug-likeness (QED) is 0.758. The second-order valence-electron chi connectivity index (χ2n) is 5.68. The number of nitrogens with zero attached hydrogens (tertiary/aromatic N) is 1. The first kappa shape index (κ1) is 16.9. The first-order valence-electron chi connectivity index (χ1n) is 7.55. The first-order chi connectivity index (χ1) is 10.2. The molecule has 1 unspecified atom stereocenters. The number of methoxy groups -OCH3 is 1. The van der Waals surface area contributed by atoms with Gasteiger partial charge in [0.05, 0.1) is 6.61 Å². The predicted octanol–water partition coefficient (Wildman–Crippen LogP) is 3.04. The van der Waals surface area contributed by atoms with E-state index in [1.165, 1.54) is 18.9 Å². The van der Waals surface area contributed by atoms with Crippen LogP contribution in [0.25, 0.3) is 0 Å². The molecule has 1 aromatic rings. The summed E-state index contributed by atoms with van der Waals surface area (Å²) in [6.45, 7) is 5.44. The van der Waals surface area contributed by atoms with E-state index in [-0.39, 0.29) is 5.82 Å². The van der Waals surface area contributed by atoms with Gasteiger partial charge in [-0.05, 0) is 50.0 Å². The Morgan fingerprint density at radius 3 is 3.14 bits per heavy atom. The minimum absolute atomic E-state index is 0.112. The number of hydrogen-bond donors (Lipinski definition) is 1. The van der Waals surface area contributed by atoms with Gasteiger partial charge in [-0.3, -0.25) is 4.90 Å². The molecular weight excluding hydrogens is 335 g/mol. The fourth-order valence-electron chi connectivity index (χ4n) is 2.85. The molecule has 0 bridgehead atoms. The molecule has 5 heteroatoms. The van der Waals surface area contributed by atoms with E-state index in [0.29, 0.717) is 12.5 Å². The zero-order valence-electron chi connectivity index (χ0n) is 12.6. The normalized spacial score (nSPS) is 19.9. The maximum atomic E-state index is 13.8. The molecule has 0 spiro atoms. The average Bonchev–Trinajstić information content (AvgIpc) is 2.48. The SMILES string of the molecule is COCCNCC1CCCN(Cc2cc(Br)ccc2F)C1. The van der Waals surface area contributed by atoms with E-state index in [1.54, 1.807) is 13.2 Å². The number of rotatable bonds is 7. The third kappa shape index (κ3) is 5.66. The summed E-state index contributed by atoms with van der Waals surface area (Å²) in [6.07, 6.45) is 2.43. The van der Waals surface area contributed by atoms with Gasteiger partial charge in [0.15, 0.2) is 0 Å². The van der Waals surface area contributed by atoms with E-state index in [2.05, 4.69) is 26.1 Å². The van der Waals surface area contributed by atoms with Crippen molar-refractivity contribution in [1.82, 2.24) is 10.2 Å². The van der Waals surface area contributed by atoms with Crippen LogP contribution in [0.3, 0.4) is 0 Å². The van der Waals surface area contributed by atoms with Crippen LogP contribution in [-0.2, 0) is 11.3 Å². The Morgan fingerprint density at radius 1 is 1.48 bits per heavy atom. The van der Waals surface area contributed by atoms with Crippen LogP contribution < -0.4 is 5.32 Å². The summed E-state index contributed by atoms with van der Waals surface area (Å²) in [4.78, 5) is 2.36. The summed E-state index contributed by atoms with van der Waals surface area (Å²) < 4.78 is 19.8. The standard InChI is InChI=1S/C16H24BrFN2O/c1-21-8-6-19-10-13-3-2-7-20(11-13)12-14-9-15(17)4-5-16(14)18/h4-5,9,13,19H,2-3,6-8,10-12H2,1H3. The summed E-state index contributed by atoms with van der Waals surface area (Å²) in [6, 6.07) is 5.17. The molecule has 21 heavy (non-hydrogen) atoms. The van der Waals surface area contributed by atoms with Crippen LogP contribution in [0.15, 0.2) is 22.7 Å². The van der Waals surface area contributed by atoms with Crippen molar-refractivity contribution >= 4 is 15.9 Å². The van der Waals surface area contributed by atoms with Crippen LogP contribution in [0.4, 0.5) is 4.39 Å². The third-order valence-corrected chi connectivity index (χ3v) is 4.41. The lowest BCUT2D eigenvalue weighted by Crippen LogP contribution is -2.39. The van der Waals surface area contributed by atoms with E-state index < -0.39 is 0 Å². The maximum Gasteiger partial charge on any atom is 0.127 e. The molecule has 0 amide bonds. The lowest BCUT2D eigenvalue weighted by molar-refractivity contribution is 0.158. The second kappa shape index (κ2) is 8.83. The van der Waals surface area contributed by atoms with Crippen LogP contribution in [-0.4, -0.2) is 44.8 Å². The minimum Gasteiger partial charge on any atom is -0.383 e. The summed E-state index contributed by atoms with van der Waals surface area (Å²) >= 11 is 3.41. The first-order valence-corrected chi connectivity index (χ1v) is 8.34.